The Morgan fingerprint density at radius 2 is 1.93 bits per heavy atom. The predicted molar refractivity (Wildman–Crippen MR) is 115 cm³/mol. The number of amides is 1. The lowest BCUT2D eigenvalue weighted by molar-refractivity contribution is -0.118. The van der Waals surface area contributed by atoms with E-state index in [2.05, 4.69) is 42.0 Å². The van der Waals surface area contributed by atoms with Crippen LogP contribution >= 0.6 is 27.7 Å². The number of hydrazone groups is 1. The van der Waals surface area contributed by atoms with Crippen LogP contribution in [0.4, 0.5) is 5.69 Å². The molecule has 0 saturated carbocycles. The van der Waals surface area contributed by atoms with E-state index in [1.165, 1.54) is 11.8 Å². The van der Waals surface area contributed by atoms with Crippen molar-refractivity contribution in [2.45, 2.75) is 11.7 Å². The van der Waals surface area contributed by atoms with Gasteiger partial charge in [0.2, 0.25) is 0 Å². The van der Waals surface area contributed by atoms with Gasteiger partial charge in [-0.3, -0.25) is 4.79 Å². The van der Waals surface area contributed by atoms with Crippen molar-refractivity contribution in [3.63, 3.8) is 0 Å². The lowest BCUT2D eigenvalue weighted by atomic mass is 10.2. The maximum absolute atomic E-state index is 11.9. The third kappa shape index (κ3) is 5.93. The fraction of sp³-hybridized carbons (Fsp3) is 0.158. The Labute approximate surface area is 175 Å². The van der Waals surface area contributed by atoms with E-state index in [1.54, 1.807) is 6.21 Å². The number of thioether (sulfide) groups is 1. The van der Waals surface area contributed by atoms with Gasteiger partial charge < -0.3 is 9.88 Å². The second kappa shape index (κ2) is 10.0. The highest BCUT2D eigenvalue weighted by molar-refractivity contribution is 9.10. The number of aromatic nitrogens is 3. The molecule has 7 nitrogen and oxygen atoms in total. The highest BCUT2D eigenvalue weighted by atomic mass is 79.9. The summed E-state index contributed by atoms with van der Waals surface area (Å²) in [6.45, 7) is 0.541. The zero-order valence-electron chi connectivity index (χ0n) is 15.2. The van der Waals surface area contributed by atoms with E-state index < -0.39 is 0 Å². The lowest BCUT2D eigenvalue weighted by Crippen LogP contribution is -2.20. The largest absolute Gasteiger partial charge is 0.378 e. The number of halogens is 1. The van der Waals surface area contributed by atoms with Crippen molar-refractivity contribution in [1.29, 1.82) is 0 Å². The van der Waals surface area contributed by atoms with Gasteiger partial charge in [-0.05, 0) is 29.8 Å². The van der Waals surface area contributed by atoms with Crippen LogP contribution in [0, 0.1) is 0 Å². The minimum Gasteiger partial charge on any atom is -0.378 e. The molecule has 1 amide bonds. The van der Waals surface area contributed by atoms with Crippen LogP contribution in [0.1, 0.15) is 11.4 Å². The van der Waals surface area contributed by atoms with Gasteiger partial charge in [-0.15, -0.1) is 10.2 Å². The van der Waals surface area contributed by atoms with E-state index in [-0.39, 0.29) is 11.7 Å². The molecule has 9 heteroatoms. The molecule has 3 rings (SSSR count). The molecular weight excluding hydrogens is 440 g/mol. The minimum absolute atomic E-state index is 0.199. The number of benzene rings is 2. The Bertz CT molecular complexity index is 943. The molecular formula is C19H19BrN6OS. The molecule has 0 atom stereocenters. The topological polar surface area (TPSA) is 84.2 Å². The number of rotatable bonds is 8. The van der Waals surface area contributed by atoms with Crippen molar-refractivity contribution in [2.75, 3.05) is 11.1 Å². The summed E-state index contributed by atoms with van der Waals surface area (Å²) < 4.78 is 2.90. The SMILES string of the molecule is Cn1c(CNc2ccc(Br)cc2)nnc1SCC(=O)N/N=C\c1ccccc1. The number of nitrogens with one attached hydrogen (secondary N) is 2. The molecule has 0 saturated heterocycles. The van der Waals surface area contributed by atoms with Gasteiger partial charge in [0.25, 0.3) is 5.91 Å². The van der Waals surface area contributed by atoms with Crippen molar-refractivity contribution in [3.8, 4) is 0 Å². The number of carbonyl (C=O) groups is 1. The molecule has 0 fully saturated rings. The third-order valence-electron chi connectivity index (χ3n) is 3.75. The monoisotopic (exact) mass is 458 g/mol. The van der Waals surface area contributed by atoms with Crippen molar-refractivity contribution >= 4 is 45.5 Å². The van der Waals surface area contributed by atoms with Crippen molar-refractivity contribution in [2.24, 2.45) is 12.1 Å². The Hall–Kier alpha value is -2.65. The molecule has 144 valence electrons. The highest BCUT2D eigenvalue weighted by Gasteiger charge is 2.11. The summed E-state index contributed by atoms with van der Waals surface area (Å²) >= 11 is 4.73. The molecule has 0 aliphatic heterocycles. The van der Waals surface area contributed by atoms with E-state index in [0.717, 1.165) is 21.5 Å². The average molecular weight is 459 g/mol. The standard InChI is InChI=1S/C19H19BrN6OS/c1-26-17(12-21-16-9-7-15(20)8-10-16)23-25-19(26)28-13-18(27)24-22-11-14-5-3-2-4-6-14/h2-11,21H,12-13H2,1H3,(H,24,27)/b22-11-. The zero-order chi connectivity index (χ0) is 19.8. The van der Waals surface area contributed by atoms with Gasteiger partial charge in [-0.1, -0.05) is 58.0 Å². The van der Waals surface area contributed by atoms with Crippen LogP contribution in [0.2, 0.25) is 0 Å². The number of nitrogens with zero attached hydrogens (tertiary/aromatic N) is 4. The molecule has 0 aliphatic rings. The summed E-state index contributed by atoms with van der Waals surface area (Å²) in [4.78, 5) is 11.9. The Kier molecular flexibility index (Phi) is 7.21. The molecule has 2 aromatic carbocycles. The molecule has 0 aliphatic carbocycles. The number of anilines is 1. The summed E-state index contributed by atoms with van der Waals surface area (Å²) in [5, 5.41) is 16.3. The van der Waals surface area contributed by atoms with E-state index in [4.69, 9.17) is 0 Å². The van der Waals surface area contributed by atoms with Gasteiger partial charge in [-0.2, -0.15) is 5.10 Å². The number of hydrogen-bond acceptors (Lipinski definition) is 6. The van der Waals surface area contributed by atoms with Crippen LogP contribution in [0.25, 0.3) is 0 Å². The molecule has 3 aromatic rings. The highest BCUT2D eigenvalue weighted by Crippen LogP contribution is 2.17. The summed E-state index contributed by atoms with van der Waals surface area (Å²) in [7, 11) is 1.88. The van der Waals surface area contributed by atoms with Crippen LogP contribution < -0.4 is 10.7 Å². The fourth-order valence-electron chi connectivity index (χ4n) is 2.25. The summed E-state index contributed by atoms with van der Waals surface area (Å²) in [6, 6.07) is 17.5. The summed E-state index contributed by atoms with van der Waals surface area (Å²) in [5.41, 5.74) is 4.43. The van der Waals surface area contributed by atoms with Crippen LogP contribution in [0.5, 0.6) is 0 Å². The molecule has 0 bridgehead atoms. The maximum Gasteiger partial charge on any atom is 0.250 e. The molecule has 0 unspecified atom stereocenters. The second-order valence-corrected chi connectivity index (χ2v) is 7.67. The Morgan fingerprint density at radius 1 is 1.18 bits per heavy atom. The van der Waals surface area contributed by atoms with Gasteiger partial charge in [-0.25, -0.2) is 5.43 Å². The third-order valence-corrected chi connectivity index (χ3v) is 5.30. The molecule has 28 heavy (non-hydrogen) atoms. The van der Waals surface area contributed by atoms with E-state index in [0.29, 0.717) is 11.7 Å². The van der Waals surface area contributed by atoms with Crippen LogP contribution in [-0.2, 0) is 18.4 Å². The predicted octanol–water partition coefficient (Wildman–Crippen LogP) is 3.43. The zero-order valence-corrected chi connectivity index (χ0v) is 17.6. The van der Waals surface area contributed by atoms with Crippen molar-refractivity contribution in [1.82, 2.24) is 20.2 Å². The van der Waals surface area contributed by atoms with E-state index >= 15 is 0 Å². The number of carbonyl (C=O) groups excluding carboxylic acids is 1. The second-order valence-electron chi connectivity index (χ2n) is 5.81. The Morgan fingerprint density at radius 3 is 2.68 bits per heavy atom. The van der Waals surface area contributed by atoms with Crippen molar-refractivity contribution in [3.05, 3.63) is 70.5 Å². The smallest absolute Gasteiger partial charge is 0.250 e. The first-order chi connectivity index (χ1) is 13.6. The quantitative estimate of drug-likeness (QED) is 0.306. The maximum atomic E-state index is 11.9. The van der Waals surface area contributed by atoms with Crippen molar-refractivity contribution < 1.29 is 4.79 Å². The minimum atomic E-state index is -0.199. The van der Waals surface area contributed by atoms with Gasteiger partial charge in [0.1, 0.15) is 0 Å². The fourth-order valence-corrected chi connectivity index (χ4v) is 3.24. The van der Waals surface area contributed by atoms with Gasteiger partial charge in [0.05, 0.1) is 18.5 Å². The first kappa shape index (κ1) is 20.1. The average Bonchev–Trinajstić information content (AvgIpc) is 3.06. The normalized spacial score (nSPS) is 10.9. The molecule has 0 radical (unpaired) electrons. The molecule has 2 N–H and O–H groups in total. The van der Waals surface area contributed by atoms with Gasteiger partial charge in [0.15, 0.2) is 11.0 Å². The van der Waals surface area contributed by atoms with Gasteiger partial charge >= 0.3 is 0 Å². The van der Waals surface area contributed by atoms with E-state index in [1.807, 2.05) is 66.2 Å². The van der Waals surface area contributed by atoms with Gasteiger partial charge in [0, 0.05) is 17.2 Å². The molecule has 1 heterocycles. The first-order valence-electron chi connectivity index (χ1n) is 8.49. The first-order valence-corrected chi connectivity index (χ1v) is 10.3. The summed E-state index contributed by atoms with van der Waals surface area (Å²) in [5.74, 6) is 0.792. The molecule has 1 aromatic heterocycles. The number of hydrogen-bond donors (Lipinski definition) is 2. The lowest BCUT2D eigenvalue weighted by Gasteiger charge is -2.07. The van der Waals surface area contributed by atoms with E-state index in [9.17, 15) is 4.79 Å². The van der Waals surface area contributed by atoms with Crippen LogP contribution in [0.15, 0.2) is 69.3 Å². The van der Waals surface area contributed by atoms with Crippen LogP contribution in [-0.4, -0.2) is 32.6 Å². The summed E-state index contributed by atoms with van der Waals surface area (Å²) in [6.07, 6.45) is 1.61. The Balaban J connectivity index is 1.46. The van der Waals surface area contributed by atoms with Crippen LogP contribution in [0.3, 0.4) is 0 Å². The molecule has 0 spiro atoms.